The number of carbonyl (C=O) groups is 3. The highest BCUT2D eigenvalue weighted by molar-refractivity contribution is 5.97. The van der Waals surface area contributed by atoms with E-state index in [-0.39, 0.29) is 5.56 Å². The van der Waals surface area contributed by atoms with Gasteiger partial charge in [-0.25, -0.2) is 9.59 Å². The van der Waals surface area contributed by atoms with E-state index in [0.29, 0.717) is 5.69 Å². The molecule has 0 aromatic heterocycles. The number of ether oxygens (including phenoxy) is 1. The Balaban J connectivity index is 2.63. The highest BCUT2D eigenvalue weighted by atomic mass is 16.6. The molecule has 0 heterocycles. The van der Waals surface area contributed by atoms with Gasteiger partial charge in [0.2, 0.25) is 5.91 Å². The molecular weight excluding hydrogens is 288 g/mol. The first-order valence-electron chi connectivity index (χ1n) is 6.72. The van der Waals surface area contributed by atoms with Crippen LogP contribution in [0.2, 0.25) is 0 Å². The zero-order valence-corrected chi connectivity index (χ0v) is 13.0. The molecule has 3 N–H and O–H groups in total. The van der Waals surface area contributed by atoms with Gasteiger partial charge in [-0.1, -0.05) is 6.07 Å². The molecule has 22 heavy (non-hydrogen) atoms. The monoisotopic (exact) mass is 308 g/mol. The minimum absolute atomic E-state index is 0.0607. The van der Waals surface area contributed by atoms with Crippen molar-refractivity contribution in [3.05, 3.63) is 29.8 Å². The van der Waals surface area contributed by atoms with Crippen molar-refractivity contribution >= 4 is 23.7 Å². The van der Waals surface area contributed by atoms with Crippen molar-refractivity contribution < 1.29 is 24.2 Å². The summed E-state index contributed by atoms with van der Waals surface area (Å²) in [6.07, 6.45) is -0.700. The fraction of sp³-hybridized carbons (Fsp3) is 0.400. The molecule has 0 unspecified atom stereocenters. The summed E-state index contributed by atoms with van der Waals surface area (Å²) >= 11 is 0. The van der Waals surface area contributed by atoms with E-state index in [1.165, 1.54) is 25.1 Å². The average molecular weight is 308 g/mol. The third-order valence-electron chi connectivity index (χ3n) is 2.50. The second kappa shape index (κ2) is 6.93. The van der Waals surface area contributed by atoms with Crippen LogP contribution in [0.15, 0.2) is 24.3 Å². The van der Waals surface area contributed by atoms with E-state index in [2.05, 4.69) is 10.6 Å². The second-order valence-corrected chi connectivity index (χ2v) is 5.74. The maximum absolute atomic E-state index is 12.0. The van der Waals surface area contributed by atoms with Crippen LogP contribution >= 0.6 is 0 Å². The number of carboxylic acid groups (broad SMARTS) is 1. The van der Waals surface area contributed by atoms with Crippen LogP contribution in [-0.2, 0) is 9.53 Å². The summed E-state index contributed by atoms with van der Waals surface area (Å²) in [5, 5.41) is 13.8. The highest BCUT2D eigenvalue weighted by Gasteiger charge is 2.21. The molecule has 0 saturated carbocycles. The molecule has 7 nitrogen and oxygen atoms in total. The van der Waals surface area contributed by atoms with E-state index in [1.54, 1.807) is 26.8 Å². The van der Waals surface area contributed by atoms with Gasteiger partial charge < -0.3 is 20.5 Å². The molecule has 0 fully saturated rings. The lowest BCUT2D eigenvalue weighted by Crippen LogP contribution is -2.43. The zero-order valence-electron chi connectivity index (χ0n) is 13.0. The van der Waals surface area contributed by atoms with Gasteiger partial charge in [0.1, 0.15) is 11.6 Å². The number of alkyl carbamates (subject to hydrolysis) is 1. The summed E-state index contributed by atoms with van der Waals surface area (Å²) in [7, 11) is 0. The molecule has 0 aliphatic heterocycles. The maximum atomic E-state index is 12.0. The minimum Gasteiger partial charge on any atom is -0.478 e. The van der Waals surface area contributed by atoms with Crippen LogP contribution < -0.4 is 10.6 Å². The van der Waals surface area contributed by atoms with Crippen LogP contribution in [-0.4, -0.2) is 34.7 Å². The van der Waals surface area contributed by atoms with Gasteiger partial charge in [-0.2, -0.15) is 0 Å². The number of nitrogens with one attached hydrogen (secondary N) is 2. The smallest absolute Gasteiger partial charge is 0.408 e. The summed E-state index contributed by atoms with van der Waals surface area (Å²) in [6.45, 7) is 6.65. The highest BCUT2D eigenvalue weighted by Crippen LogP contribution is 2.11. The normalized spacial score (nSPS) is 12.2. The van der Waals surface area contributed by atoms with Crippen LogP contribution in [0, 0.1) is 0 Å². The number of carboxylic acids is 1. The number of hydrogen-bond acceptors (Lipinski definition) is 4. The van der Waals surface area contributed by atoms with Crippen LogP contribution in [0.3, 0.4) is 0 Å². The molecule has 0 radical (unpaired) electrons. The number of aromatic carboxylic acids is 1. The van der Waals surface area contributed by atoms with Crippen molar-refractivity contribution in [3.8, 4) is 0 Å². The average Bonchev–Trinajstić information content (AvgIpc) is 2.36. The molecule has 0 spiro atoms. The molecule has 0 bridgehead atoms. The quantitative estimate of drug-likeness (QED) is 0.791. The van der Waals surface area contributed by atoms with Gasteiger partial charge >= 0.3 is 12.1 Å². The number of carbonyl (C=O) groups excluding carboxylic acids is 2. The first-order valence-corrected chi connectivity index (χ1v) is 6.72. The lowest BCUT2D eigenvalue weighted by molar-refractivity contribution is -0.117. The van der Waals surface area contributed by atoms with Gasteiger partial charge in [-0.05, 0) is 45.9 Å². The standard InChI is InChI=1S/C15H20N2O5/c1-9(16-14(21)22-15(2,3)4)12(18)17-11-7-5-6-10(8-11)13(19)20/h5-9H,1-4H3,(H,16,21)(H,17,18)(H,19,20)/t9-/m0/s1. The Labute approximate surface area is 128 Å². The fourth-order valence-corrected chi connectivity index (χ4v) is 1.53. The molecule has 2 amide bonds. The van der Waals surface area contributed by atoms with Crippen LogP contribution in [0.4, 0.5) is 10.5 Å². The van der Waals surface area contributed by atoms with Gasteiger partial charge in [0.25, 0.3) is 0 Å². The molecule has 120 valence electrons. The molecule has 7 heteroatoms. The molecule has 1 rings (SSSR count). The fourth-order valence-electron chi connectivity index (χ4n) is 1.53. The Morgan fingerprint density at radius 1 is 1.23 bits per heavy atom. The van der Waals surface area contributed by atoms with Crippen LogP contribution in [0.1, 0.15) is 38.1 Å². The van der Waals surface area contributed by atoms with Gasteiger partial charge in [0.05, 0.1) is 5.56 Å². The summed E-state index contributed by atoms with van der Waals surface area (Å²) in [5.41, 5.74) is -0.260. The molecule has 1 aromatic rings. The summed E-state index contributed by atoms with van der Waals surface area (Å²) in [4.78, 5) is 34.4. The van der Waals surface area contributed by atoms with Gasteiger partial charge in [-0.3, -0.25) is 4.79 Å². The largest absolute Gasteiger partial charge is 0.478 e. The molecule has 0 saturated heterocycles. The van der Waals surface area contributed by atoms with Crippen molar-refractivity contribution in [2.24, 2.45) is 0 Å². The Morgan fingerprint density at radius 3 is 2.41 bits per heavy atom. The van der Waals surface area contributed by atoms with Gasteiger partial charge in [-0.15, -0.1) is 0 Å². The van der Waals surface area contributed by atoms with Crippen molar-refractivity contribution in [1.82, 2.24) is 5.32 Å². The topological polar surface area (TPSA) is 105 Å². The Kier molecular flexibility index (Phi) is 5.50. The van der Waals surface area contributed by atoms with E-state index in [9.17, 15) is 14.4 Å². The van der Waals surface area contributed by atoms with Crippen molar-refractivity contribution in [1.29, 1.82) is 0 Å². The number of anilines is 1. The molecule has 0 aliphatic carbocycles. The van der Waals surface area contributed by atoms with Crippen molar-refractivity contribution in [2.45, 2.75) is 39.3 Å². The number of rotatable bonds is 4. The van der Waals surface area contributed by atoms with Crippen LogP contribution in [0.25, 0.3) is 0 Å². The zero-order chi connectivity index (χ0) is 16.9. The summed E-state index contributed by atoms with van der Waals surface area (Å²) in [5.74, 6) is -1.57. The van der Waals surface area contributed by atoms with Crippen LogP contribution in [0.5, 0.6) is 0 Å². The lowest BCUT2D eigenvalue weighted by Gasteiger charge is -2.21. The minimum atomic E-state index is -1.09. The van der Waals surface area contributed by atoms with E-state index < -0.39 is 29.6 Å². The SMILES string of the molecule is C[C@H](NC(=O)OC(C)(C)C)C(=O)Nc1cccc(C(=O)O)c1. The van der Waals surface area contributed by atoms with Gasteiger partial charge in [0.15, 0.2) is 0 Å². The summed E-state index contributed by atoms with van der Waals surface area (Å²) < 4.78 is 5.05. The van der Waals surface area contributed by atoms with Crippen molar-refractivity contribution in [2.75, 3.05) is 5.32 Å². The summed E-state index contributed by atoms with van der Waals surface area (Å²) in [6, 6.07) is 5.00. The molecule has 1 atom stereocenters. The van der Waals surface area contributed by atoms with E-state index in [4.69, 9.17) is 9.84 Å². The number of benzene rings is 1. The number of amides is 2. The molecule has 1 aromatic carbocycles. The van der Waals surface area contributed by atoms with Gasteiger partial charge in [0, 0.05) is 5.69 Å². The Hall–Kier alpha value is -2.57. The molecular formula is C15H20N2O5. The predicted molar refractivity (Wildman–Crippen MR) is 80.9 cm³/mol. The Morgan fingerprint density at radius 2 is 1.86 bits per heavy atom. The van der Waals surface area contributed by atoms with E-state index in [0.717, 1.165) is 0 Å². The predicted octanol–water partition coefficient (Wildman–Crippen LogP) is 2.24. The van der Waals surface area contributed by atoms with E-state index >= 15 is 0 Å². The first-order chi connectivity index (χ1) is 10.1. The number of hydrogen-bond donors (Lipinski definition) is 3. The van der Waals surface area contributed by atoms with E-state index in [1.807, 2.05) is 0 Å². The maximum Gasteiger partial charge on any atom is 0.408 e. The Bertz CT molecular complexity index is 578. The van der Waals surface area contributed by atoms with Crippen molar-refractivity contribution in [3.63, 3.8) is 0 Å². The first kappa shape index (κ1) is 17.5. The third-order valence-corrected chi connectivity index (χ3v) is 2.50. The third kappa shape index (κ3) is 5.82. The lowest BCUT2D eigenvalue weighted by atomic mass is 10.2. The second-order valence-electron chi connectivity index (χ2n) is 5.74. The molecule has 0 aliphatic rings.